The molecule has 0 saturated carbocycles. The molecule has 0 aliphatic carbocycles. The highest BCUT2D eigenvalue weighted by atomic mass is 79.9. The molecule has 2 rings (SSSR count). The van der Waals surface area contributed by atoms with Crippen LogP contribution in [0.15, 0.2) is 28.7 Å². The third-order valence-electron chi connectivity index (χ3n) is 3.26. The third kappa shape index (κ3) is 3.97. The second kappa shape index (κ2) is 7.12. The quantitative estimate of drug-likeness (QED) is 0.834. The largest absolute Gasteiger partial charge is 0.492 e. The van der Waals surface area contributed by atoms with Crippen LogP contribution in [-0.4, -0.2) is 43.9 Å². The summed E-state index contributed by atoms with van der Waals surface area (Å²) in [5.74, 6) is 0.922. The van der Waals surface area contributed by atoms with Crippen molar-refractivity contribution in [2.45, 2.75) is 19.4 Å². The van der Waals surface area contributed by atoms with E-state index in [2.05, 4.69) is 27.8 Å². The molecule has 1 aromatic rings. The Hall–Kier alpha value is -0.580. The van der Waals surface area contributed by atoms with Crippen LogP contribution in [0.3, 0.4) is 0 Å². The predicted octanol–water partition coefficient (Wildman–Crippen LogP) is 2.94. The molecule has 18 heavy (non-hydrogen) atoms. The summed E-state index contributed by atoms with van der Waals surface area (Å²) in [4.78, 5) is 2.46. The van der Waals surface area contributed by atoms with E-state index in [1.54, 1.807) is 0 Å². The molecule has 1 fully saturated rings. The van der Waals surface area contributed by atoms with Crippen LogP contribution in [0.4, 0.5) is 0 Å². The predicted molar refractivity (Wildman–Crippen MR) is 76.1 cm³/mol. The van der Waals surface area contributed by atoms with Crippen molar-refractivity contribution in [3.05, 3.63) is 28.7 Å². The highest BCUT2D eigenvalue weighted by Crippen LogP contribution is 2.18. The Kier molecular flexibility index (Phi) is 5.47. The van der Waals surface area contributed by atoms with Gasteiger partial charge >= 0.3 is 0 Å². The zero-order valence-corrected chi connectivity index (χ0v) is 12.4. The monoisotopic (exact) mass is 313 g/mol. The maximum Gasteiger partial charge on any atom is 0.120 e. The third-order valence-corrected chi connectivity index (χ3v) is 3.76. The molecule has 0 radical (unpaired) electrons. The summed E-state index contributed by atoms with van der Waals surface area (Å²) in [6, 6.07) is 8.52. The van der Waals surface area contributed by atoms with Gasteiger partial charge in [0.1, 0.15) is 12.4 Å². The molecule has 1 saturated heterocycles. The van der Waals surface area contributed by atoms with Gasteiger partial charge in [-0.05, 0) is 24.6 Å². The highest BCUT2D eigenvalue weighted by molar-refractivity contribution is 9.10. The lowest BCUT2D eigenvalue weighted by molar-refractivity contribution is -0.0132. The van der Waals surface area contributed by atoms with Crippen molar-refractivity contribution in [2.75, 3.05) is 32.9 Å². The number of hydrogen-bond acceptors (Lipinski definition) is 3. The zero-order chi connectivity index (χ0) is 12.8. The maximum atomic E-state index is 5.77. The van der Waals surface area contributed by atoms with Crippen LogP contribution in [0.25, 0.3) is 0 Å². The number of morpholine rings is 1. The molecular formula is C14H20BrNO2. The van der Waals surface area contributed by atoms with Crippen LogP contribution in [0, 0.1) is 0 Å². The Morgan fingerprint density at radius 3 is 3.17 bits per heavy atom. The Morgan fingerprint density at radius 1 is 1.50 bits per heavy atom. The lowest BCUT2D eigenvalue weighted by Gasteiger charge is -2.34. The van der Waals surface area contributed by atoms with Gasteiger partial charge in [0.2, 0.25) is 0 Å². The number of rotatable bonds is 5. The lowest BCUT2D eigenvalue weighted by atomic mass is 10.2. The van der Waals surface area contributed by atoms with Gasteiger partial charge in [-0.15, -0.1) is 0 Å². The van der Waals surface area contributed by atoms with E-state index in [0.29, 0.717) is 6.04 Å². The van der Waals surface area contributed by atoms with E-state index in [9.17, 15) is 0 Å². The summed E-state index contributed by atoms with van der Waals surface area (Å²) in [7, 11) is 0. The van der Waals surface area contributed by atoms with Crippen LogP contribution in [-0.2, 0) is 4.74 Å². The van der Waals surface area contributed by atoms with Crippen molar-refractivity contribution in [3.63, 3.8) is 0 Å². The van der Waals surface area contributed by atoms with Gasteiger partial charge in [-0.1, -0.05) is 28.9 Å². The molecule has 1 aromatic carbocycles. The molecule has 100 valence electrons. The number of halogens is 1. The molecule has 0 N–H and O–H groups in total. The van der Waals surface area contributed by atoms with E-state index in [4.69, 9.17) is 9.47 Å². The number of nitrogens with zero attached hydrogens (tertiary/aromatic N) is 1. The first-order chi connectivity index (χ1) is 8.79. The van der Waals surface area contributed by atoms with Crippen molar-refractivity contribution < 1.29 is 9.47 Å². The molecule has 1 aliphatic rings. The Morgan fingerprint density at radius 2 is 2.39 bits per heavy atom. The molecule has 4 heteroatoms. The van der Waals surface area contributed by atoms with Gasteiger partial charge in [0.05, 0.1) is 13.2 Å². The molecule has 1 unspecified atom stereocenters. The first kappa shape index (κ1) is 13.8. The van der Waals surface area contributed by atoms with Crippen LogP contribution in [0.2, 0.25) is 0 Å². The summed E-state index contributed by atoms with van der Waals surface area (Å²) in [6.07, 6.45) is 1.14. The van der Waals surface area contributed by atoms with Gasteiger partial charge in [0.15, 0.2) is 0 Å². The Labute approximate surface area is 117 Å². The van der Waals surface area contributed by atoms with Crippen LogP contribution in [0.5, 0.6) is 5.75 Å². The van der Waals surface area contributed by atoms with Crippen molar-refractivity contribution in [1.82, 2.24) is 4.90 Å². The molecule has 3 nitrogen and oxygen atoms in total. The average molecular weight is 314 g/mol. The summed E-state index contributed by atoms with van der Waals surface area (Å²) in [5.41, 5.74) is 0. The van der Waals surface area contributed by atoms with E-state index in [-0.39, 0.29) is 0 Å². The van der Waals surface area contributed by atoms with Crippen LogP contribution in [0.1, 0.15) is 13.3 Å². The first-order valence-corrected chi connectivity index (χ1v) is 7.29. The van der Waals surface area contributed by atoms with Crippen molar-refractivity contribution in [2.24, 2.45) is 0 Å². The second-order valence-electron chi connectivity index (χ2n) is 4.48. The molecule has 0 aromatic heterocycles. The first-order valence-electron chi connectivity index (χ1n) is 6.49. The van der Waals surface area contributed by atoms with Gasteiger partial charge < -0.3 is 9.47 Å². The minimum atomic E-state index is 0.546. The van der Waals surface area contributed by atoms with E-state index in [1.165, 1.54) is 0 Å². The fourth-order valence-corrected chi connectivity index (χ4v) is 2.58. The van der Waals surface area contributed by atoms with Gasteiger partial charge in [-0.25, -0.2) is 0 Å². The smallest absolute Gasteiger partial charge is 0.120 e. The lowest BCUT2D eigenvalue weighted by Crippen LogP contribution is -2.46. The van der Waals surface area contributed by atoms with E-state index in [1.807, 2.05) is 24.3 Å². The van der Waals surface area contributed by atoms with Crippen molar-refractivity contribution in [1.29, 1.82) is 0 Å². The Balaban J connectivity index is 1.77. The van der Waals surface area contributed by atoms with Crippen LogP contribution < -0.4 is 4.74 Å². The van der Waals surface area contributed by atoms with Gasteiger partial charge in [0.25, 0.3) is 0 Å². The molecule has 0 bridgehead atoms. The van der Waals surface area contributed by atoms with Gasteiger partial charge in [-0.2, -0.15) is 0 Å². The minimum absolute atomic E-state index is 0.546. The average Bonchev–Trinajstić information content (AvgIpc) is 2.39. The van der Waals surface area contributed by atoms with Crippen molar-refractivity contribution >= 4 is 15.9 Å². The van der Waals surface area contributed by atoms with Crippen molar-refractivity contribution in [3.8, 4) is 5.75 Å². The normalized spacial score (nSPS) is 20.9. The standard InChI is InChI=1S/C14H20BrNO2/c1-2-13-11-17-8-6-16(13)7-9-18-14-5-3-4-12(15)10-14/h3-5,10,13H,2,6-9,11H2,1H3. The molecule has 0 amide bonds. The molecule has 1 aliphatic heterocycles. The summed E-state index contributed by atoms with van der Waals surface area (Å²) < 4.78 is 12.3. The number of hydrogen-bond donors (Lipinski definition) is 0. The fraction of sp³-hybridized carbons (Fsp3) is 0.571. The van der Waals surface area contributed by atoms with Gasteiger partial charge in [-0.3, -0.25) is 4.90 Å². The molecule has 1 atom stereocenters. The topological polar surface area (TPSA) is 21.7 Å². The molecule has 0 spiro atoms. The summed E-state index contributed by atoms with van der Waals surface area (Å²) in [5, 5.41) is 0. The highest BCUT2D eigenvalue weighted by Gasteiger charge is 2.20. The van der Waals surface area contributed by atoms with E-state index < -0.39 is 0 Å². The van der Waals surface area contributed by atoms with Gasteiger partial charge in [0, 0.05) is 23.6 Å². The minimum Gasteiger partial charge on any atom is -0.492 e. The molecular weight excluding hydrogens is 294 g/mol. The number of benzene rings is 1. The summed E-state index contributed by atoms with van der Waals surface area (Å²) in [6.45, 7) is 6.62. The Bertz CT molecular complexity index is 373. The molecule has 1 heterocycles. The summed E-state index contributed by atoms with van der Waals surface area (Å²) >= 11 is 3.44. The maximum absolute atomic E-state index is 5.77. The number of ether oxygens (including phenoxy) is 2. The fourth-order valence-electron chi connectivity index (χ4n) is 2.20. The van der Waals surface area contributed by atoms with E-state index in [0.717, 1.165) is 49.6 Å². The van der Waals surface area contributed by atoms with E-state index >= 15 is 0 Å². The zero-order valence-electron chi connectivity index (χ0n) is 10.8. The van der Waals surface area contributed by atoms with Crippen LogP contribution >= 0.6 is 15.9 Å². The SMILES string of the molecule is CCC1COCCN1CCOc1cccc(Br)c1. The second-order valence-corrected chi connectivity index (χ2v) is 5.39.